The second-order valence-electron chi connectivity index (χ2n) is 6.71. The van der Waals surface area contributed by atoms with Crippen LogP contribution in [0.3, 0.4) is 0 Å². The average Bonchev–Trinajstić information content (AvgIpc) is 2.96. The molecule has 1 heterocycles. The molecule has 1 aromatic rings. The summed E-state index contributed by atoms with van der Waals surface area (Å²) in [7, 11) is 11.6. The molecule has 6 heteroatoms. The molecule has 0 unspecified atom stereocenters. The summed E-state index contributed by atoms with van der Waals surface area (Å²) in [4.78, 5) is 3.86. The van der Waals surface area contributed by atoms with E-state index in [2.05, 4.69) is 36.8 Å². The quantitative estimate of drug-likeness (QED) is 0.242. The molecule has 0 N–H and O–H groups in total. The third-order valence-corrected chi connectivity index (χ3v) is 7.11. The number of para-hydroxylation sites is 1. The first-order valence-corrected chi connectivity index (χ1v) is 15.5. The molecule has 1 aromatic carbocycles. The summed E-state index contributed by atoms with van der Waals surface area (Å²) in [6.45, 7) is 8.40. The van der Waals surface area contributed by atoms with Gasteiger partial charge in [-0.15, -0.1) is 0 Å². The van der Waals surface area contributed by atoms with Crippen molar-refractivity contribution in [3.8, 4) is 5.75 Å². The number of allylic oxidation sites excluding steroid dienone is 3. The van der Waals surface area contributed by atoms with Crippen LogP contribution < -0.4 is 4.74 Å². The SMILES string of the molecule is CC(C)Oc1ccccc1[CH]=[Ru]([Cl])[Cl].CC1=C(C)N([C@H]2C=CCCC2)[CH-]S1. The first-order chi connectivity index (χ1) is 12.9. The van der Waals surface area contributed by atoms with Gasteiger partial charge in [-0.05, 0) is 43.7 Å². The molecular weight excluding hydrogens is 486 g/mol. The topological polar surface area (TPSA) is 12.5 Å². The third kappa shape index (κ3) is 7.57. The van der Waals surface area contributed by atoms with E-state index in [1.54, 1.807) is 0 Å². The Morgan fingerprint density at radius 2 is 2.04 bits per heavy atom. The van der Waals surface area contributed by atoms with Crippen LogP contribution in [0.1, 0.15) is 52.5 Å². The van der Waals surface area contributed by atoms with Gasteiger partial charge >= 0.3 is 97.8 Å². The fourth-order valence-electron chi connectivity index (χ4n) is 2.84. The van der Waals surface area contributed by atoms with Gasteiger partial charge in [-0.1, -0.05) is 12.2 Å². The second kappa shape index (κ2) is 11.7. The Kier molecular flexibility index (Phi) is 9.93. The van der Waals surface area contributed by atoms with Crippen LogP contribution in [0.4, 0.5) is 0 Å². The maximum absolute atomic E-state index is 5.82. The van der Waals surface area contributed by atoms with E-state index in [1.165, 1.54) is 29.9 Å². The Bertz CT molecular complexity index is 714. The van der Waals surface area contributed by atoms with Gasteiger partial charge in [0.15, 0.2) is 0 Å². The van der Waals surface area contributed by atoms with Crippen LogP contribution in [0, 0.1) is 5.88 Å². The Morgan fingerprint density at radius 3 is 2.59 bits per heavy atom. The van der Waals surface area contributed by atoms with Crippen LogP contribution in [0.15, 0.2) is 47.0 Å². The minimum absolute atomic E-state index is 0.163. The maximum atomic E-state index is 5.82. The molecule has 0 aromatic heterocycles. The maximum Gasteiger partial charge on any atom is 0.0193 e. The summed E-state index contributed by atoms with van der Waals surface area (Å²) >= 11 is 0.0835. The van der Waals surface area contributed by atoms with Crippen LogP contribution >= 0.6 is 31.1 Å². The van der Waals surface area contributed by atoms with E-state index in [4.69, 9.17) is 24.1 Å². The standard InChI is InChI=1S/C11H16NS.C10H12O.2ClH.Ru/c1-9-10(2)13-8-12(9)11-6-4-3-5-7-11;1-8(2)11-10-7-5-4-6-9(10)3;;;/h4,6,8,11H,3,5,7H2,1-2H3;3-8H,1-2H3;2*1H;/q-1;;;;+2/p-2/t11-;;;;/m0..../s1. The van der Waals surface area contributed by atoms with Gasteiger partial charge in [0.2, 0.25) is 0 Å². The number of benzene rings is 1. The molecule has 0 spiro atoms. The fourth-order valence-corrected chi connectivity index (χ4v) is 5.51. The molecule has 3 rings (SSSR count). The Labute approximate surface area is 181 Å². The minimum Gasteiger partial charge on any atom is -0.510 e. The zero-order valence-electron chi connectivity index (χ0n) is 16.3. The predicted octanol–water partition coefficient (Wildman–Crippen LogP) is 7.06. The van der Waals surface area contributed by atoms with E-state index in [0.29, 0.717) is 6.04 Å². The van der Waals surface area contributed by atoms with Crippen molar-refractivity contribution in [1.82, 2.24) is 4.90 Å². The molecule has 0 fully saturated rings. The van der Waals surface area contributed by atoms with Gasteiger partial charge in [0.05, 0.1) is 0 Å². The first kappa shape index (κ1) is 23.0. The van der Waals surface area contributed by atoms with Gasteiger partial charge < -0.3 is 4.90 Å². The van der Waals surface area contributed by atoms with Crippen LogP contribution in [-0.4, -0.2) is 21.7 Å². The summed E-state index contributed by atoms with van der Waals surface area (Å²) in [5, 5.41) is 0. The van der Waals surface area contributed by atoms with E-state index in [0.717, 1.165) is 11.3 Å². The van der Waals surface area contributed by atoms with E-state index in [1.807, 2.05) is 54.5 Å². The number of rotatable bonds is 4. The summed E-state index contributed by atoms with van der Waals surface area (Å²) in [5.41, 5.74) is 2.42. The molecule has 0 amide bonds. The van der Waals surface area contributed by atoms with Crippen molar-refractivity contribution in [2.75, 3.05) is 0 Å². The molecule has 0 radical (unpaired) electrons. The summed E-state index contributed by atoms with van der Waals surface area (Å²) < 4.78 is 7.51. The molecule has 2 aliphatic rings. The summed E-state index contributed by atoms with van der Waals surface area (Å²) in [5.74, 6) is 3.10. The normalized spacial score (nSPS) is 19.7. The first-order valence-electron chi connectivity index (χ1n) is 9.09. The largest absolute Gasteiger partial charge is 0.510 e. The van der Waals surface area contributed by atoms with Crippen molar-refractivity contribution in [3.63, 3.8) is 0 Å². The second-order valence-corrected chi connectivity index (χ2v) is 13.5. The number of hydrogen-bond acceptors (Lipinski definition) is 3. The number of thioether (sulfide) groups is 1. The van der Waals surface area contributed by atoms with E-state index < -0.39 is 13.5 Å². The smallest absolute Gasteiger partial charge is 0.0193 e. The summed E-state index contributed by atoms with van der Waals surface area (Å²) in [6.07, 6.45) is 8.73. The number of ether oxygens (including phenoxy) is 1. The molecule has 1 aliphatic heterocycles. The number of nitrogens with zero attached hydrogens (tertiary/aromatic N) is 1. The molecular formula is C21H28Cl2NORuS-. The Morgan fingerprint density at radius 1 is 1.30 bits per heavy atom. The molecule has 2 nitrogen and oxygen atoms in total. The van der Waals surface area contributed by atoms with E-state index >= 15 is 0 Å². The van der Waals surface area contributed by atoms with Crippen molar-refractivity contribution in [1.29, 1.82) is 0 Å². The van der Waals surface area contributed by atoms with E-state index in [-0.39, 0.29) is 6.10 Å². The van der Waals surface area contributed by atoms with Gasteiger partial charge in [0.1, 0.15) is 0 Å². The van der Waals surface area contributed by atoms with Gasteiger partial charge in [-0.3, -0.25) is 11.8 Å². The van der Waals surface area contributed by atoms with E-state index in [9.17, 15) is 0 Å². The summed E-state index contributed by atoms with van der Waals surface area (Å²) in [6, 6.07) is 8.40. The minimum atomic E-state index is -1.77. The van der Waals surface area contributed by atoms with Gasteiger partial charge in [-0.25, -0.2) is 0 Å². The third-order valence-electron chi connectivity index (χ3n) is 4.29. The predicted molar refractivity (Wildman–Crippen MR) is 118 cm³/mol. The van der Waals surface area contributed by atoms with Crippen LogP contribution in [0.2, 0.25) is 0 Å². The van der Waals surface area contributed by atoms with Crippen molar-refractivity contribution in [2.45, 2.75) is 59.1 Å². The van der Waals surface area contributed by atoms with Gasteiger partial charge in [0, 0.05) is 6.04 Å². The van der Waals surface area contributed by atoms with Crippen LogP contribution in [0.5, 0.6) is 5.75 Å². The van der Waals surface area contributed by atoms with Crippen molar-refractivity contribution < 1.29 is 18.3 Å². The van der Waals surface area contributed by atoms with Crippen molar-refractivity contribution in [3.05, 3.63) is 58.5 Å². The molecule has 152 valence electrons. The molecule has 0 bridgehead atoms. The zero-order chi connectivity index (χ0) is 19.8. The molecule has 0 saturated heterocycles. The number of hydrogen-bond donors (Lipinski definition) is 0. The van der Waals surface area contributed by atoms with Crippen molar-refractivity contribution in [2.24, 2.45) is 0 Å². The van der Waals surface area contributed by atoms with Gasteiger partial charge in [-0.2, -0.15) is 5.88 Å². The average molecular weight is 515 g/mol. The van der Waals surface area contributed by atoms with Gasteiger partial charge in [0.25, 0.3) is 0 Å². The molecule has 1 atom stereocenters. The van der Waals surface area contributed by atoms with Crippen LogP contribution in [0.25, 0.3) is 0 Å². The monoisotopic (exact) mass is 514 g/mol. The number of halogens is 2. The fraction of sp³-hybridized carbons (Fsp3) is 0.429. The zero-order valence-corrected chi connectivity index (χ0v) is 20.3. The molecule has 1 aliphatic carbocycles. The molecule has 27 heavy (non-hydrogen) atoms. The van der Waals surface area contributed by atoms with Crippen molar-refractivity contribution >= 4 is 35.8 Å². The van der Waals surface area contributed by atoms with Crippen LogP contribution in [-0.2, 0) is 13.5 Å². The Hall–Kier alpha value is -0.277. The molecule has 0 saturated carbocycles. The Balaban J connectivity index is 0.000000194.